The van der Waals surface area contributed by atoms with E-state index in [1.165, 1.54) is 19.3 Å². The van der Waals surface area contributed by atoms with E-state index >= 15 is 0 Å². The van der Waals surface area contributed by atoms with Gasteiger partial charge in [0.15, 0.2) is 0 Å². The zero-order valence-electron chi connectivity index (χ0n) is 11.5. The summed E-state index contributed by atoms with van der Waals surface area (Å²) in [5.74, 6) is 2.65. The highest BCUT2D eigenvalue weighted by Crippen LogP contribution is 2.45. The molecule has 1 aliphatic heterocycles. The normalized spacial score (nSPS) is 42.1. The molecule has 98 valence electrons. The van der Waals surface area contributed by atoms with Gasteiger partial charge in [0, 0.05) is 12.5 Å². The van der Waals surface area contributed by atoms with Crippen LogP contribution in [0.4, 0.5) is 0 Å². The Bertz CT molecular complexity index is 274. The fourth-order valence-electron chi connectivity index (χ4n) is 4.25. The van der Waals surface area contributed by atoms with Crippen LogP contribution >= 0.6 is 0 Å². The van der Waals surface area contributed by atoms with Gasteiger partial charge in [-0.1, -0.05) is 20.8 Å². The molecule has 0 aromatic rings. The second-order valence-corrected chi connectivity index (χ2v) is 7.22. The number of rotatable bonds is 2. The van der Waals surface area contributed by atoms with E-state index in [9.17, 15) is 4.79 Å². The molecule has 1 saturated carbocycles. The van der Waals surface area contributed by atoms with Gasteiger partial charge in [0.05, 0.1) is 0 Å². The lowest BCUT2D eigenvalue weighted by Gasteiger charge is -2.44. The van der Waals surface area contributed by atoms with Gasteiger partial charge in [0.25, 0.3) is 0 Å². The molecule has 2 fully saturated rings. The lowest BCUT2D eigenvalue weighted by atomic mass is 9.63. The Morgan fingerprint density at radius 1 is 1.12 bits per heavy atom. The molecule has 1 aliphatic carbocycles. The maximum absolute atomic E-state index is 10.9. The number of aldehydes is 1. The predicted molar refractivity (Wildman–Crippen MR) is 70.8 cm³/mol. The second-order valence-electron chi connectivity index (χ2n) is 7.22. The summed E-state index contributed by atoms with van der Waals surface area (Å²) in [5, 5.41) is 3.44. The van der Waals surface area contributed by atoms with Crippen LogP contribution in [-0.2, 0) is 4.79 Å². The van der Waals surface area contributed by atoms with E-state index in [0.717, 1.165) is 43.6 Å². The van der Waals surface area contributed by atoms with Crippen LogP contribution < -0.4 is 5.32 Å². The molecule has 0 amide bonds. The average Bonchev–Trinajstić information content (AvgIpc) is 2.26. The SMILES string of the molecule is CC1CC(C2CNCC(C=O)C2)CC(C)(C)C1. The third-order valence-corrected chi connectivity index (χ3v) is 4.70. The Labute approximate surface area is 106 Å². The maximum atomic E-state index is 10.9. The molecule has 0 aromatic heterocycles. The zero-order chi connectivity index (χ0) is 12.5. The first-order valence-electron chi connectivity index (χ1n) is 7.16. The minimum Gasteiger partial charge on any atom is -0.316 e. The van der Waals surface area contributed by atoms with Crippen LogP contribution in [0, 0.1) is 29.1 Å². The predicted octanol–water partition coefficient (Wildman–Crippen LogP) is 2.87. The molecule has 0 aromatic carbocycles. The molecular weight excluding hydrogens is 210 g/mol. The standard InChI is InChI=1S/C15H27NO/c1-11-4-13(7-15(2,3)6-11)14-5-12(10-17)8-16-9-14/h10-14,16H,4-9H2,1-3H3. The first-order valence-corrected chi connectivity index (χ1v) is 7.16. The molecule has 17 heavy (non-hydrogen) atoms. The Morgan fingerprint density at radius 2 is 1.88 bits per heavy atom. The summed E-state index contributed by atoms with van der Waals surface area (Å²) in [6.07, 6.45) is 6.33. The molecule has 0 radical (unpaired) electrons. The topological polar surface area (TPSA) is 29.1 Å². The van der Waals surface area contributed by atoms with Crippen LogP contribution in [0.5, 0.6) is 0 Å². The van der Waals surface area contributed by atoms with E-state index in [1.54, 1.807) is 0 Å². The number of piperidine rings is 1. The van der Waals surface area contributed by atoms with Gasteiger partial charge in [0.1, 0.15) is 6.29 Å². The Balaban J connectivity index is 1.98. The molecule has 4 unspecified atom stereocenters. The summed E-state index contributed by atoms with van der Waals surface area (Å²) in [7, 11) is 0. The summed E-state index contributed by atoms with van der Waals surface area (Å²) < 4.78 is 0. The summed E-state index contributed by atoms with van der Waals surface area (Å²) >= 11 is 0. The highest BCUT2D eigenvalue weighted by molar-refractivity contribution is 5.54. The van der Waals surface area contributed by atoms with Crippen molar-refractivity contribution in [3.05, 3.63) is 0 Å². The Hall–Kier alpha value is -0.370. The minimum atomic E-state index is 0.258. The molecule has 1 heterocycles. The van der Waals surface area contributed by atoms with Gasteiger partial charge in [-0.3, -0.25) is 0 Å². The van der Waals surface area contributed by atoms with E-state index in [1.807, 2.05) is 0 Å². The van der Waals surface area contributed by atoms with Crippen molar-refractivity contribution >= 4 is 6.29 Å². The van der Waals surface area contributed by atoms with Gasteiger partial charge in [-0.15, -0.1) is 0 Å². The van der Waals surface area contributed by atoms with Crippen LogP contribution in [0.25, 0.3) is 0 Å². The molecule has 0 spiro atoms. The largest absolute Gasteiger partial charge is 0.316 e. The number of hydrogen-bond donors (Lipinski definition) is 1. The summed E-state index contributed by atoms with van der Waals surface area (Å²) in [4.78, 5) is 10.9. The smallest absolute Gasteiger partial charge is 0.124 e. The number of carbonyl (C=O) groups excluding carboxylic acids is 1. The van der Waals surface area contributed by atoms with Crippen LogP contribution in [0.15, 0.2) is 0 Å². The molecular formula is C15H27NO. The van der Waals surface area contributed by atoms with Crippen molar-refractivity contribution in [2.24, 2.45) is 29.1 Å². The third kappa shape index (κ3) is 3.31. The second kappa shape index (κ2) is 5.09. The Morgan fingerprint density at radius 3 is 2.53 bits per heavy atom. The summed E-state index contributed by atoms with van der Waals surface area (Å²) in [6, 6.07) is 0. The van der Waals surface area contributed by atoms with E-state index < -0.39 is 0 Å². The highest BCUT2D eigenvalue weighted by Gasteiger charge is 2.37. The lowest BCUT2D eigenvalue weighted by molar-refractivity contribution is -0.112. The lowest BCUT2D eigenvalue weighted by Crippen LogP contribution is -2.43. The van der Waals surface area contributed by atoms with Gasteiger partial charge < -0.3 is 10.1 Å². The van der Waals surface area contributed by atoms with Crippen LogP contribution in [0.3, 0.4) is 0 Å². The zero-order valence-corrected chi connectivity index (χ0v) is 11.5. The molecule has 2 aliphatic rings. The van der Waals surface area contributed by atoms with Gasteiger partial charge in [-0.05, 0) is 55.4 Å². The highest BCUT2D eigenvalue weighted by atomic mass is 16.1. The molecule has 1 saturated heterocycles. The first-order chi connectivity index (χ1) is 8.00. The fourth-order valence-corrected chi connectivity index (χ4v) is 4.25. The number of hydrogen-bond acceptors (Lipinski definition) is 2. The van der Waals surface area contributed by atoms with Crippen molar-refractivity contribution in [2.75, 3.05) is 13.1 Å². The number of carbonyl (C=O) groups is 1. The van der Waals surface area contributed by atoms with Gasteiger partial charge in [0.2, 0.25) is 0 Å². The number of nitrogens with one attached hydrogen (secondary N) is 1. The quantitative estimate of drug-likeness (QED) is 0.748. The van der Waals surface area contributed by atoms with Crippen molar-refractivity contribution in [3.8, 4) is 0 Å². The molecule has 2 heteroatoms. The third-order valence-electron chi connectivity index (χ3n) is 4.70. The maximum Gasteiger partial charge on any atom is 0.124 e. The van der Waals surface area contributed by atoms with Crippen LogP contribution in [0.1, 0.15) is 46.5 Å². The molecule has 1 N–H and O–H groups in total. The molecule has 2 rings (SSSR count). The van der Waals surface area contributed by atoms with E-state index in [2.05, 4.69) is 26.1 Å². The van der Waals surface area contributed by atoms with Crippen LogP contribution in [-0.4, -0.2) is 19.4 Å². The van der Waals surface area contributed by atoms with Gasteiger partial charge >= 0.3 is 0 Å². The van der Waals surface area contributed by atoms with Crippen molar-refractivity contribution in [3.63, 3.8) is 0 Å². The van der Waals surface area contributed by atoms with Crippen molar-refractivity contribution in [1.29, 1.82) is 0 Å². The minimum absolute atomic E-state index is 0.258. The summed E-state index contributed by atoms with van der Waals surface area (Å²) in [6.45, 7) is 9.22. The molecule has 2 nitrogen and oxygen atoms in total. The molecule has 4 atom stereocenters. The van der Waals surface area contributed by atoms with Crippen LogP contribution in [0.2, 0.25) is 0 Å². The monoisotopic (exact) mass is 237 g/mol. The van der Waals surface area contributed by atoms with E-state index in [4.69, 9.17) is 0 Å². The Kier molecular flexibility index (Phi) is 3.92. The van der Waals surface area contributed by atoms with Crippen molar-refractivity contribution in [2.45, 2.75) is 46.5 Å². The molecule has 0 bridgehead atoms. The van der Waals surface area contributed by atoms with E-state index in [0.29, 0.717) is 5.41 Å². The van der Waals surface area contributed by atoms with Crippen molar-refractivity contribution in [1.82, 2.24) is 5.32 Å². The average molecular weight is 237 g/mol. The van der Waals surface area contributed by atoms with Crippen molar-refractivity contribution < 1.29 is 4.79 Å². The summed E-state index contributed by atoms with van der Waals surface area (Å²) in [5.41, 5.74) is 0.496. The van der Waals surface area contributed by atoms with Gasteiger partial charge in [-0.2, -0.15) is 0 Å². The first kappa shape index (κ1) is 13.1. The van der Waals surface area contributed by atoms with Gasteiger partial charge in [-0.25, -0.2) is 0 Å². The fraction of sp³-hybridized carbons (Fsp3) is 0.933. The van der Waals surface area contributed by atoms with E-state index in [-0.39, 0.29) is 5.92 Å².